The Bertz CT molecular complexity index is 532. The summed E-state index contributed by atoms with van der Waals surface area (Å²) < 4.78 is 0. The van der Waals surface area contributed by atoms with E-state index in [0.29, 0.717) is 18.2 Å². The molecule has 3 N–H and O–H groups in total. The van der Waals surface area contributed by atoms with Crippen molar-refractivity contribution in [2.75, 3.05) is 19.6 Å². The highest BCUT2D eigenvalue weighted by Gasteiger charge is 2.21. The van der Waals surface area contributed by atoms with Crippen molar-refractivity contribution in [3.05, 3.63) is 39.4 Å². The summed E-state index contributed by atoms with van der Waals surface area (Å²) in [5.74, 6) is -0.657. The molecule has 7 heteroatoms. The van der Waals surface area contributed by atoms with Gasteiger partial charge in [-0.2, -0.15) is 0 Å². The molecule has 1 aliphatic heterocycles. The summed E-state index contributed by atoms with van der Waals surface area (Å²) in [7, 11) is 0. The number of nitro benzene ring substituents is 1. The van der Waals surface area contributed by atoms with E-state index in [4.69, 9.17) is 5.73 Å². The third-order valence-corrected chi connectivity index (χ3v) is 3.41. The highest BCUT2D eigenvalue weighted by atomic mass is 16.6. The average Bonchev–Trinajstić information content (AvgIpc) is 2.38. The summed E-state index contributed by atoms with van der Waals surface area (Å²) in [6, 6.07) is 4.78. The van der Waals surface area contributed by atoms with Crippen LogP contribution < -0.4 is 11.1 Å². The van der Waals surface area contributed by atoms with Crippen molar-refractivity contribution in [1.29, 1.82) is 0 Å². The molecular formula is C13H18N4O3. The molecule has 0 aromatic heterocycles. The van der Waals surface area contributed by atoms with Crippen molar-refractivity contribution < 1.29 is 9.72 Å². The van der Waals surface area contributed by atoms with Crippen molar-refractivity contribution in [2.24, 2.45) is 5.73 Å². The number of carbonyl (C=O) groups is 1. The summed E-state index contributed by atoms with van der Waals surface area (Å²) in [5, 5.41) is 14.4. The number of carbonyl (C=O) groups excluding carboxylic acids is 1. The normalized spacial score (nSPS) is 19.8. The highest BCUT2D eigenvalue weighted by Crippen LogP contribution is 2.22. The van der Waals surface area contributed by atoms with Gasteiger partial charge in [-0.25, -0.2) is 0 Å². The van der Waals surface area contributed by atoms with E-state index in [-0.39, 0.29) is 11.3 Å². The van der Waals surface area contributed by atoms with Crippen molar-refractivity contribution >= 4 is 11.6 Å². The molecule has 7 nitrogen and oxygen atoms in total. The molecule has 1 aromatic rings. The molecule has 1 amide bonds. The molecule has 2 rings (SSSR count). The minimum Gasteiger partial charge on any atom is -0.366 e. The van der Waals surface area contributed by atoms with Crippen LogP contribution in [0.2, 0.25) is 0 Å². The van der Waals surface area contributed by atoms with E-state index in [1.807, 2.05) is 0 Å². The van der Waals surface area contributed by atoms with Crippen LogP contribution in [0.15, 0.2) is 18.2 Å². The van der Waals surface area contributed by atoms with Crippen molar-refractivity contribution in [3.63, 3.8) is 0 Å². The van der Waals surface area contributed by atoms with Crippen molar-refractivity contribution in [3.8, 4) is 0 Å². The summed E-state index contributed by atoms with van der Waals surface area (Å²) in [4.78, 5) is 23.9. The number of nitro groups is 1. The number of nitrogens with zero attached hydrogens (tertiary/aromatic N) is 2. The SMILES string of the molecule is C[C@H]1CN(Cc2ccc(C(N)=O)cc2[N+](=O)[O-])CCN1. The monoisotopic (exact) mass is 278 g/mol. The van der Waals surface area contributed by atoms with E-state index in [2.05, 4.69) is 17.1 Å². The van der Waals surface area contributed by atoms with Gasteiger partial charge in [-0.15, -0.1) is 0 Å². The van der Waals surface area contributed by atoms with E-state index in [1.165, 1.54) is 12.1 Å². The molecule has 1 aliphatic rings. The number of benzene rings is 1. The average molecular weight is 278 g/mol. The van der Waals surface area contributed by atoms with Crippen LogP contribution in [0.3, 0.4) is 0 Å². The second-order valence-corrected chi connectivity index (χ2v) is 5.06. The number of primary amides is 1. The fourth-order valence-corrected chi connectivity index (χ4v) is 2.42. The van der Waals surface area contributed by atoms with Crippen molar-refractivity contribution in [2.45, 2.75) is 19.5 Å². The Kier molecular flexibility index (Phi) is 4.31. The third-order valence-electron chi connectivity index (χ3n) is 3.41. The molecule has 108 valence electrons. The number of piperazine rings is 1. The lowest BCUT2D eigenvalue weighted by Gasteiger charge is -2.31. The quantitative estimate of drug-likeness (QED) is 0.616. The summed E-state index contributed by atoms with van der Waals surface area (Å²) >= 11 is 0. The zero-order chi connectivity index (χ0) is 14.7. The maximum atomic E-state index is 11.1. The molecule has 0 saturated carbocycles. The molecule has 1 aromatic carbocycles. The second kappa shape index (κ2) is 5.98. The van der Waals surface area contributed by atoms with Crippen LogP contribution in [0, 0.1) is 10.1 Å². The lowest BCUT2D eigenvalue weighted by Crippen LogP contribution is -2.48. The molecule has 0 aliphatic carbocycles. The predicted octanol–water partition coefficient (Wildman–Crippen LogP) is 0.487. The predicted molar refractivity (Wildman–Crippen MR) is 74.4 cm³/mol. The van der Waals surface area contributed by atoms with Gasteiger partial charge < -0.3 is 11.1 Å². The van der Waals surface area contributed by atoms with Gasteiger partial charge in [0.1, 0.15) is 0 Å². The highest BCUT2D eigenvalue weighted by molar-refractivity contribution is 5.93. The third kappa shape index (κ3) is 3.31. The van der Waals surface area contributed by atoms with Gasteiger partial charge in [0.25, 0.3) is 5.69 Å². The first-order valence-electron chi connectivity index (χ1n) is 6.50. The largest absolute Gasteiger partial charge is 0.366 e. The molecule has 0 radical (unpaired) electrons. The maximum absolute atomic E-state index is 11.1. The summed E-state index contributed by atoms with van der Waals surface area (Å²) in [5.41, 5.74) is 5.87. The van der Waals surface area contributed by atoms with Crippen LogP contribution in [0.25, 0.3) is 0 Å². The van der Waals surface area contributed by atoms with Gasteiger partial charge in [-0.05, 0) is 13.0 Å². The first kappa shape index (κ1) is 14.4. The van der Waals surface area contributed by atoms with E-state index in [9.17, 15) is 14.9 Å². The Hall–Kier alpha value is -1.99. The molecule has 1 atom stereocenters. The van der Waals surface area contributed by atoms with Crippen LogP contribution in [-0.2, 0) is 6.54 Å². The number of hydrogen-bond donors (Lipinski definition) is 2. The molecule has 20 heavy (non-hydrogen) atoms. The van der Waals surface area contributed by atoms with Gasteiger partial charge in [0.15, 0.2) is 0 Å². The summed E-state index contributed by atoms with van der Waals surface area (Å²) in [6.45, 7) is 5.14. The van der Waals surface area contributed by atoms with Gasteiger partial charge in [-0.3, -0.25) is 19.8 Å². The van der Waals surface area contributed by atoms with E-state index >= 15 is 0 Å². The topological polar surface area (TPSA) is 102 Å². The Morgan fingerprint density at radius 3 is 2.95 bits per heavy atom. The number of rotatable bonds is 4. The van der Waals surface area contributed by atoms with Gasteiger partial charge in [0.2, 0.25) is 5.91 Å². The van der Waals surface area contributed by atoms with Gasteiger partial charge >= 0.3 is 0 Å². The first-order chi connectivity index (χ1) is 9.47. The fraction of sp³-hybridized carbons (Fsp3) is 0.462. The molecule has 0 spiro atoms. The molecular weight excluding hydrogens is 260 g/mol. The number of hydrogen-bond acceptors (Lipinski definition) is 5. The zero-order valence-electron chi connectivity index (χ0n) is 11.3. The lowest BCUT2D eigenvalue weighted by atomic mass is 10.1. The minimum absolute atomic E-state index is 0.0486. The lowest BCUT2D eigenvalue weighted by molar-refractivity contribution is -0.385. The van der Waals surface area contributed by atoms with E-state index in [0.717, 1.165) is 19.6 Å². The molecule has 1 heterocycles. The van der Waals surface area contributed by atoms with Gasteiger partial charge in [0.05, 0.1) is 4.92 Å². The van der Waals surface area contributed by atoms with Crippen LogP contribution in [0.4, 0.5) is 5.69 Å². The summed E-state index contributed by atoms with van der Waals surface area (Å²) in [6.07, 6.45) is 0. The maximum Gasteiger partial charge on any atom is 0.274 e. The number of nitrogens with one attached hydrogen (secondary N) is 1. The Balaban J connectivity index is 2.22. The van der Waals surface area contributed by atoms with E-state index < -0.39 is 10.8 Å². The number of nitrogens with two attached hydrogens (primary N) is 1. The molecule has 0 bridgehead atoms. The fourth-order valence-electron chi connectivity index (χ4n) is 2.42. The second-order valence-electron chi connectivity index (χ2n) is 5.06. The Labute approximate surface area is 116 Å². The first-order valence-corrected chi connectivity index (χ1v) is 6.50. The smallest absolute Gasteiger partial charge is 0.274 e. The zero-order valence-corrected chi connectivity index (χ0v) is 11.3. The molecule has 0 unspecified atom stereocenters. The minimum atomic E-state index is -0.657. The Morgan fingerprint density at radius 1 is 1.60 bits per heavy atom. The number of amides is 1. The molecule has 1 fully saturated rings. The Morgan fingerprint density at radius 2 is 2.35 bits per heavy atom. The van der Waals surface area contributed by atoms with Crippen LogP contribution in [0.5, 0.6) is 0 Å². The van der Waals surface area contributed by atoms with Crippen molar-refractivity contribution in [1.82, 2.24) is 10.2 Å². The van der Waals surface area contributed by atoms with E-state index in [1.54, 1.807) is 6.07 Å². The standard InChI is InChI=1S/C13H18N4O3/c1-9-7-16(5-4-15-9)8-11-3-2-10(13(14)18)6-12(11)17(19)20/h2-3,6,9,15H,4-5,7-8H2,1H3,(H2,14,18)/t9-/m0/s1. The van der Waals surface area contributed by atoms with Gasteiger partial charge in [0, 0.05) is 49.4 Å². The van der Waals surface area contributed by atoms with Gasteiger partial charge in [-0.1, -0.05) is 6.07 Å². The van der Waals surface area contributed by atoms with Crippen LogP contribution >= 0.6 is 0 Å². The van der Waals surface area contributed by atoms with Crippen LogP contribution in [0.1, 0.15) is 22.8 Å². The molecule has 1 saturated heterocycles. The van der Waals surface area contributed by atoms with Crippen LogP contribution in [-0.4, -0.2) is 41.4 Å².